The van der Waals surface area contributed by atoms with Gasteiger partial charge in [0.1, 0.15) is 5.78 Å². The van der Waals surface area contributed by atoms with Crippen molar-refractivity contribution in [3.8, 4) is 28.5 Å². The van der Waals surface area contributed by atoms with Gasteiger partial charge in [-0.25, -0.2) is 4.98 Å². The maximum absolute atomic E-state index is 12.3. The zero-order valence-corrected chi connectivity index (χ0v) is 19.8. The number of nitrogens with zero attached hydrogens (tertiary/aromatic N) is 4. The number of para-hydroxylation sites is 1. The quantitative estimate of drug-likeness (QED) is 0.301. The normalized spacial score (nSPS) is 11.6. The van der Waals surface area contributed by atoms with Crippen molar-refractivity contribution in [3.05, 3.63) is 108 Å². The zero-order chi connectivity index (χ0) is 24.3. The van der Waals surface area contributed by atoms with Crippen LogP contribution in [0.2, 0.25) is 0 Å². The highest BCUT2D eigenvalue weighted by atomic mass is 16.1. The number of hydrogen-bond acceptors (Lipinski definition) is 5. The van der Waals surface area contributed by atoms with Crippen molar-refractivity contribution >= 4 is 17.3 Å². The Balaban J connectivity index is 1.22. The number of hydrogen-bond donors (Lipinski definition) is 1. The Labute approximate surface area is 209 Å². The largest absolute Gasteiger partial charge is 0.338 e. The highest BCUT2D eigenvalue weighted by Gasteiger charge is 2.24. The maximum Gasteiger partial charge on any atom is 0.171 e. The highest BCUT2D eigenvalue weighted by molar-refractivity contribution is 5.85. The molecule has 0 saturated carbocycles. The van der Waals surface area contributed by atoms with E-state index in [2.05, 4.69) is 49.3 Å². The number of benzene rings is 3. The third-order valence-electron chi connectivity index (χ3n) is 6.49. The lowest BCUT2D eigenvalue weighted by molar-refractivity contribution is -0.118. The molecule has 0 unspecified atom stereocenters. The van der Waals surface area contributed by atoms with Crippen molar-refractivity contribution in [2.75, 3.05) is 5.32 Å². The van der Waals surface area contributed by atoms with Gasteiger partial charge in [0.15, 0.2) is 17.5 Å². The number of ketones is 1. The number of rotatable bonds is 7. The molecule has 0 aliphatic carbocycles. The van der Waals surface area contributed by atoms with E-state index in [1.54, 1.807) is 6.20 Å². The minimum absolute atomic E-state index is 0.283. The average molecular weight is 472 g/mol. The highest BCUT2D eigenvalue weighted by Crippen LogP contribution is 2.38. The summed E-state index contributed by atoms with van der Waals surface area (Å²) in [5, 5.41) is 12.6. The van der Waals surface area contributed by atoms with Gasteiger partial charge in [0.2, 0.25) is 0 Å². The summed E-state index contributed by atoms with van der Waals surface area (Å²) >= 11 is 0. The molecule has 0 amide bonds. The van der Waals surface area contributed by atoms with Crippen LogP contribution in [0.4, 0.5) is 11.5 Å². The van der Waals surface area contributed by atoms with Crippen LogP contribution in [0.15, 0.2) is 97.2 Å². The number of nitrogens with one attached hydrogen (secondary N) is 1. The van der Waals surface area contributed by atoms with E-state index in [0.717, 1.165) is 58.4 Å². The lowest BCUT2D eigenvalue weighted by atomic mass is 10.0. The van der Waals surface area contributed by atoms with Crippen molar-refractivity contribution in [1.29, 1.82) is 0 Å². The summed E-state index contributed by atoms with van der Waals surface area (Å²) in [6.07, 6.45) is 4.58. The molecule has 6 rings (SSSR count). The maximum atomic E-state index is 12.3. The Morgan fingerprint density at radius 3 is 2.42 bits per heavy atom. The van der Waals surface area contributed by atoms with E-state index in [0.29, 0.717) is 12.8 Å². The molecule has 176 valence electrons. The van der Waals surface area contributed by atoms with Crippen LogP contribution in [0.5, 0.6) is 0 Å². The van der Waals surface area contributed by atoms with Crippen LogP contribution < -0.4 is 5.32 Å². The Morgan fingerprint density at radius 1 is 0.778 bits per heavy atom. The van der Waals surface area contributed by atoms with E-state index in [4.69, 9.17) is 0 Å². The fraction of sp³-hybridized carbons (Fsp3) is 0.133. The van der Waals surface area contributed by atoms with Gasteiger partial charge in [0, 0.05) is 30.2 Å². The molecule has 36 heavy (non-hydrogen) atoms. The molecular weight excluding hydrogens is 446 g/mol. The third-order valence-corrected chi connectivity index (χ3v) is 6.49. The molecule has 0 fully saturated rings. The Hall–Kier alpha value is -4.58. The van der Waals surface area contributed by atoms with E-state index >= 15 is 0 Å². The predicted molar refractivity (Wildman–Crippen MR) is 141 cm³/mol. The third kappa shape index (κ3) is 4.29. The summed E-state index contributed by atoms with van der Waals surface area (Å²) in [4.78, 5) is 16.9. The van der Waals surface area contributed by atoms with Gasteiger partial charge in [-0.05, 0) is 48.2 Å². The number of carbonyl (C=O) groups is 1. The van der Waals surface area contributed by atoms with E-state index in [1.165, 1.54) is 5.56 Å². The molecule has 0 saturated heterocycles. The monoisotopic (exact) mass is 471 g/mol. The Morgan fingerprint density at radius 2 is 1.56 bits per heavy atom. The van der Waals surface area contributed by atoms with Crippen LogP contribution in [0.1, 0.15) is 24.0 Å². The standard InChI is InChI=1S/C30H25N5O/c36-24(20-22-8-2-1-3-9-22)11-6-10-21-15-17-23(18-16-21)29-33-34-30-25-12-4-5-13-26(25)32-28-27(35(29)30)14-7-19-31-28/h1-5,7-9,12-19H,6,10-11,20H2,(H,31,32). The second-order valence-electron chi connectivity index (χ2n) is 8.98. The van der Waals surface area contributed by atoms with Gasteiger partial charge < -0.3 is 5.32 Å². The fourth-order valence-corrected chi connectivity index (χ4v) is 4.68. The lowest BCUT2D eigenvalue weighted by Gasteiger charge is -2.11. The number of aromatic nitrogens is 4. The average Bonchev–Trinajstić information content (AvgIpc) is 3.29. The first-order chi connectivity index (χ1) is 17.8. The van der Waals surface area contributed by atoms with Gasteiger partial charge in [-0.1, -0.05) is 66.7 Å². The summed E-state index contributed by atoms with van der Waals surface area (Å²) in [5.41, 5.74) is 6.10. The zero-order valence-electron chi connectivity index (χ0n) is 19.8. The predicted octanol–water partition coefficient (Wildman–Crippen LogP) is 6.19. The number of anilines is 2. The van der Waals surface area contributed by atoms with Crippen LogP contribution in [0.25, 0.3) is 28.5 Å². The second kappa shape index (κ2) is 9.58. The van der Waals surface area contributed by atoms with Crippen molar-refractivity contribution < 1.29 is 4.79 Å². The van der Waals surface area contributed by atoms with Crippen molar-refractivity contribution in [3.63, 3.8) is 0 Å². The van der Waals surface area contributed by atoms with Crippen molar-refractivity contribution in [2.24, 2.45) is 0 Å². The summed E-state index contributed by atoms with van der Waals surface area (Å²) < 4.78 is 2.07. The molecule has 6 nitrogen and oxygen atoms in total. The van der Waals surface area contributed by atoms with Gasteiger partial charge in [-0.3, -0.25) is 9.36 Å². The molecule has 3 heterocycles. The van der Waals surface area contributed by atoms with Crippen LogP contribution in [-0.4, -0.2) is 25.5 Å². The van der Waals surface area contributed by atoms with Gasteiger partial charge in [-0.2, -0.15) is 0 Å². The van der Waals surface area contributed by atoms with Crippen LogP contribution in [0, 0.1) is 0 Å². The summed E-state index contributed by atoms with van der Waals surface area (Å²) in [6.45, 7) is 0. The first-order valence-corrected chi connectivity index (χ1v) is 12.2. The topological polar surface area (TPSA) is 72.7 Å². The molecule has 2 aromatic heterocycles. The summed E-state index contributed by atoms with van der Waals surface area (Å²) in [6, 6.07) is 30.3. The minimum atomic E-state index is 0.283. The first kappa shape index (κ1) is 21.9. The van der Waals surface area contributed by atoms with Crippen molar-refractivity contribution in [1.82, 2.24) is 19.7 Å². The van der Waals surface area contributed by atoms with E-state index in [-0.39, 0.29) is 5.78 Å². The minimum Gasteiger partial charge on any atom is -0.338 e. The molecule has 6 heteroatoms. The smallest absolute Gasteiger partial charge is 0.171 e. The van der Waals surface area contributed by atoms with Crippen LogP contribution in [0.3, 0.4) is 0 Å². The second-order valence-corrected chi connectivity index (χ2v) is 8.98. The number of fused-ring (bicyclic) bond motifs is 5. The van der Waals surface area contributed by atoms with E-state index in [9.17, 15) is 4.79 Å². The van der Waals surface area contributed by atoms with Gasteiger partial charge in [-0.15, -0.1) is 10.2 Å². The molecule has 0 bridgehead atoms. The van der Waals surface area contributed by atoms with Crippen LogP contribution >= 0.6 is 0 Å². The lowest BCUT2D eigenvalue weighted by Crippen LogP contribution is -2.03. The van der Waals surface area contributed by atoms with Gasteiger partial charge >= 0.3 is 0 Å². The Bertz CT molecular complexity index is 1520. The fourth-order valence-electron chi connectivity index (χ4n) is 4.68. The van der Waals surface area contributed by atoms with E-state index in [1.807, 2.05) is 66.7 Å². The molecule has 0 atom stereocenters. The first-order valence-electron chi connectivity index (χ1n) is 12.2. The molecule has 5 aromatic rings. The van der Waals surface area contributed by atoms with E-state index < -0.39 is 0 Å². The Kier molecular flexibility index (Phi) is 5.83. The molecule has 3 aromatic carbocycles. The number of Topliss-reactive ketones (excluding diaryl/α,β-unsaturated/α-hetero) is 1. The summed E-state index contributed by atoms with van der Waals surface area (Å²) in [5.74, 6) is 2.59. The summed E-state index contributed by atoms with van der Waals surface area (Å²) in [7, 11) is 0. The SMILES string of the molecule is O=C(CCCc1ccc(-c2nnc3n2-c2cccnc2Nc2ccccc2-3)cc1)Cc1ccccc1. The molecular formula is C30H25N5O. The number of aryl methyl sites for hydroxylation is 1. The van der Waals surface area contributed by atoms with Gasteiger partial charge in [0.05, 0.1) is 11.4 Å². The molecule has 1 N–H and O–H groups in total. The van der Waals surface area contributed by atoms with Crippen molar-refractivity contribution in [2.45, 2.75) is 25.7 Å². The number of carbonyl (C=O) groups excluding carboxylic acids is 1. The molecule has 0 spiro atoms. The molecule has 0 radical (unpaired) electrons. The molecule has 1 aliphatic heterocycles. The number of pyridine rings is 1. The van der Waals surface area contributed by atoms with Gasteiger partial charge in [0.25, 0.3) is 0 Å². The molecule has 1 aliphatic rings. The van der Waals surface area contributed by atoms with Crippen LogP contribution in [-0.2, 0) is 17.6 Å².